The van der Waals surface area contributed by atoms with Gasteiger partial charge in [0.1, 0.15) is 0 Å². The summed E-state index contributed by atoms with van der Waals surface area (Å²) in [7, 11) is 1.95. The zero-order chi connectivity index (χ0) is 21.8. The summed E-state index contributed by atoms with van der Waals surface area (Å²) in [5.74, 6) is 0.401. The molecule has 9 heteroatoms. The molecule has 154 valence electrons. The van der Waals surface area contributed by atoms with Gasteiger partial charge in [0.15, 0.2) is 0 Å². The van der Waals surface area contributed by atoms with Gasteiger partial charge in [0.05, 0.1) is 0 Å². The van der Waals surface area contributed by atoms with Crippen molar-refractivity contribution in [2.75, 3.05) is 7.05 Å². The molecule has 0 aromatic carbocycles. The predicted molar refractivity (Wildman–Crippen MR) is 125 cm³/mol. The van der Waals surface area contributed by atoms with Crippen LogP contribution < -0.4 is 12.1 Å². The van der Waals surface area contributed by atoms with Gasteiger partial charge in [-0.3, -0.25) is 0 Å². The number of quaternary nitrogens is 1. The van der Waals surface area contributed by atoms with Crippen LogP contribution in [0, 0.1) is 5.41 Å². The SMILES string of the molecule is C[NH2+]/C=C(\C(=N)c1ccncc1)c1cnc2cc[c]([Sn][c]3nnc(C(C)C)s3)nc2c1. The van der Waals surface area contributed by atoms with Gasteiger partial charge in [0.2, 0.25) is 0 Å². The molecule has 0 aliphatic carbocycles. The maximum absolute atomic E-state index is 8.69. The van der Waals surface area contributed by atoms with E-state index in [4.69, 9.17) is 10.4 Å². The Kier molecular flexibility index (Phi) is 6.79. The molecular formula is C22H22N7SSn+. The molecule has 0 saturated carbocycles. The molecule has 0 spiro atoms. The normalized spacial score (nSPS) is 11.9. The third kappa shape index (κ3) is 5.03. The molecular weight excluding hydrogens is 513 g/mol. The fourth-order valence-electron chi connectivity index (χ4n) is 3.02. The Morgan fingerprint density at radius 2 is 1.90 bits per heavy atom. The first-order chi connectivity index (χ1) is 15.0. The second-order valence-corrected chi connectivity index (χ2v) is 12.8. The van der Waals surface area contributed by atoms with E-state index in [1.165, 1.54) is 0 Å². The van der Waals surface area contributed by atoms with E-state index < -0.39 is 21.1 Å². The van der Waals surface area contributed by atoms with Gasteiger partial charge in [-0.15, -0.1) is 0 Å². The van der Waals surface area contributed by atoms with Crippen molar-refractivity contribution in [2.45, 2.75) is 19.8 Å². The summed E-state index contributed by atoms with van der Waals surface area (Å²) in [6, 6.07) is 9.80. The third-order valence-electron chi connectivity index (χ3n) is 4.59. The minimum atomic E-state index is -1.12. The van der Waals surface area contributed by atoms with Crippen molar-refractivity contribution < 1.29 is 5.32 Å². The molecule has 0 atom stereocenters. The first kappa shape index (κ1) is 21.7. The van der Waals surface area contributed by atoms with Crippen molar-refractivity contribution in [1.29, 1.82) is 5.41 Å². The number of fused-ring (bicyclic) bond motifs is 1. The molecule has 0 bridgehead atoms. The van der Waals surface area contributed by atoms with Crippen molar-refractivity contribution >= 4 is 61.5 Å². The summed E-state index contributed by atoms with van der Waals surface area (Å²) < 4.78 is 2.22. The van der Waals surface area contributed by atoms with Crippen LogP contribution in [0.25, 0.3) is 16.6 Å². The van der Waals surface area contributed by atoms with Gasteiger partial charge in [-0.1, -0.05) is 0 Å². The molecule has 0 unspecified atom stereocenters. The Morgan fingerprint density at radius 1 is 1.10 bits per heavy atom. The number of nitrogens with one attached hydrogen (secondary N) is 1. The van der Waals surface area contributed by atoms with Crippen LogP contribution in [0.1, 0.15) is 35.9 Å². The average Bonchev–Trinajstić information content (AvgIpc) is 3.26. The van der Waals surface area contributed by atoms with E-state index in [0.29, 0.717) is 11.6 Å². The first-order valence-corrected chi connectivity index (χ1v) is 13.6. The van der Waals surface area contributed by atoms with Crippen LogP contribution in [0.4, 0.5) is 0 Å². The second-order valence-electron chi connectivity index (χ2n) is 7.21. The average molecular weight is 535 g/mol. The van der Waals surface area contributed by atoms with E-state index in [-0.39, 0.29) is 0 Å². The molecule has 0 aliphatic rings. The molecule has 7 nitrogen and oxygen atoms in total. The number of nitrogens with zero attached hydrogens (tertiary/aromatic N) is 5. The van der Waals surface area contributed by atoms with Crippen molar-refractivity contribution in [3.63, 3.8) is 0 Å². The summed E-state index contributed by atoms with van der Waals surface area (Å²) in [5.41, 5.74) is 4.62. The molecule has 0 aliphatic heterocycles. The van der Waals surface area contributed by atoms with Crippen LogP contribution in [0.15, 0.2) is 55.1 Å². The number of hydrogen-bond acceptors (Lipinski definition) is 7. The quantitative estimate of drug-likeness (QED) is 0.274. The minimum absolute atomic E-state index is 0.401. The van der Waals surface area contributed by atoms with Crippen molar-refractivity contribution in [2.24, 2.45) is 0 Å². The van der Waals surface area contributed by atoms with E-state index in [0.717, 1.165) is 39.5 Å². The van der Waals surface area contributed by atoms with Gasteiger partial charge in [0.25, 0.3) is 0 Å². The Balaban J connectivity index is 1.66. The van der Waals surface area contributed by atoms with Crippen LogP contribution in [-0.4, -0.2) is 59.1 Å². The Bertz CT molecular complexity index is 1250. The molecule has 0 saturated heterocycles. The number of allylic oxidation sites excluding steroid dienone is 1. The van der Waals surface area contributed by atoms with Crippen LogP contribution in [0.3, 0.4) is 0 Å². The zero-order valence-electron chi connectivity index (χ0n) is 17.5. The van der Waals surface area contributed by atoms with Gasteiger partial charge in [-0.2, -0.15) is 0 Å². The Morgan fingerprint density at radius 3 is 2.61 bits per heavy atom. The van der Waals surface area contributed by atoms with E-state index in [2.05, 4.69) is 40.1 Å². The van der Waals surface area contributed by atoms with E-state index in [1.54, 1.807) is 23.7 Å². The van der Waals surface area contributed by atoms with Gasteiger partial charge in [-0.25, -0.2) is 0 Å². The molecule has 4 aromatic rings. The fraction of sp³-hybridized carbons (Fsp3) is 0.182. The molecule has 4 rings (SSSR count). The standard InChI is InChI=1S/C17H14N5.C5H7N2S.Sn/c1-19-11-14(17(18)12-4-7-20-8-5-12)13-9-16-15(22-10-13)3-2-6-21-16;1-4(2)5-7-6-3-8-5;/h2-5,7-11,18-19H,1H3;4H,1-2H3;/p+1/b14-11-,18-17?;;. The van der Waals surface area contributed by atoms with Crippen molar-refractivity contribution in [1.82, 2.24) is 25.1 Å². The van der Waals surface area contributed by atoms with Crippen LogP contribution in [0.5, 0.6) is 0 Å². The zero-order valence-corrected chi connectivity index (χ0v) is 21.2. The summed E-state index contributed by atoms with van der Waals surface area (Å²) >= 11 is 0.590. The molecule has 31 heavy (non-hydrogen) atoms. The third-order valence-corrected chi connectivity index (χ3v) is 9.61. The molecule has 4 heterocycles. The molecule has 0 fully saturated rings. The number of hydrogen-bond donors (Lipinski definition) is 2. The summed E-state index contributed by atoms with van der Waals surface area (Å²) in [5, 5.41) is 20.4. The van der Waals surface area contributed by atoms with Crippen LogP contribution in [0.2, 0.25) is 0 Å². The maximum atomic E-state index is 8.69. The summed E-state index contributed by atoms with van der Waals surface area (Å²) in [6.07, 6.45) is 7.16. The van der Waals surface area contributed by atoms with Crippen molar-refractivity contribution in [3.05, 3.63) is 71.3 Å². The molecule has 2 radical (unpaired) electrons. The van der Waals surface area contributed by atoms with Gasteiger partial charge in [-0.05, 0) is 0 Å². The van der Waals surface area contributed by atoms with E-state index in [9.17, 15) is 0 Å². The topological polar surface area (TPSA) is 105 Å². The van der Waals surface area contributed by atoms with Crippen LogP contribution in [-0.2, 0) is 0 Å². The van der Waals surface area contributed by atoms with Gasteiger partial charge < -0.3 is 0 Å². The van der Waals surface area contributed by atoms with Crippen molar-refractivity contribution in [3.8, 4) is 0 Å². The molecule has 3 N–H and O–H groups in total. The number of nitrogens with two attached hydrogens (primary N) is 1. The summed E-state index contributed by atoms with van der Waals surface area (Å²) in [4.78, 5) is 13.5. The monoisotopic (exact) mass is 536 g/mol. The fourth-order valence-corrected chi connectivity index (χ4v) is 7.59. The Labute approximate surface area is 194 Å². The van der Waals surface area contributed by atoms with Crippen LogP contribution >= 0.6 is 11.3 Å². The second kappa shape index (κ2) is 9.71. The van der Waals surface area contributed by atoms with Gasteiger partial charge in [0, 0.05) is 0 Å². The number of aromatic nitrogens is 5. The summed E-state index contributed by atoms with van der Waals surface area (Å²) in [6.45, 7) is 4.28. The predicted octanol–water partition coefficient (Wildman–Crippen LogP) is 1.26. The number of pyridine rings is 3. The molecule has 4 aromatic heterocycles. The van der Waals surface area contributed by atoms with Gasteiger partial charge >= 0.3 is 195 Å². The number of rotatable bonds is 7. The van der Waals surface area contributed by atoms with E-state index in [1.807, 2.05) is 49.0 Å². The first-order valence-electron chi connectivity index (χ1n) is 9.91. The molecule has 0 amide bonds. The Hall–Kier alpha value is -2.56. The van der Waals surface area contributed by atoms with E-state index >= 15 is 0 Å².